The summed E-state index contributed by atoms with van der Waals surface area (Å²) >= 11 is 0. The van der Waals surface area contributed by atoms with Crippen molar-refractivity contribution in [3.8, 4) is 0 Å². The minimum atomic E-state index is -3.06. The fourth-order valence-electron chi connectivity index (χ4n) is 2.88. The van der Waals surface area contributed by atoms with E-state index in [9.17, 15) is 18.3 Å². The molecule has 1 fully saturated rings. The van der Waals surface area contributed by atoms with Gasteiger partial charge in [-0.25, -0.2) is 13.4 Å². The number of nitrogens with two attached hydrogens (primary N) is 1. The summed E-state index contributed by atoms with van der Waals surface area (Å²) in [5.74, 6) is -0.598. The van der Waals surface area contributed by atoms with E-state index in [-0.39, 0.29) is 17.5 Å². The molecule has 3 N–H and O–H groups in total. The molecule has 2 rings (SSSR count). The third-order valence-corrected chi connectivity index (χ3v) is 5.95. The maximum Gasteiger partial charge on any atom is 0.269 e. The lowest BCUT2D eigenvalue weighted by Gasteiger charge is -2.35. The lowest BCUT2D eigenvalue weighted by atomic mass is 9.84. The van der Waals surface area contributed by atoms with Gasteiger partial charge in [-0.15, -0.1) is 0 Å². The molecule has 21 heavy (non-hydrogen) atoms. The lowest BCUT2D eigenvalue weighted by Crippen LogP contribution is -2.41. The maximum atomic E-state index is 11.5. The highest BCUT2D eigenvalue weighted by Gasteiger charge is 2.37. The van der Waals surface area contributed by atoms with Crippen LogP contribution in [0, 0.1) is 6.92 Å². The molecule has 1 saturated carbocycles. The summed E-state index contributed by atoms with van der Waals surface area (Å²) in [6, 6.07) is 0. The van der Waals surface area contributed by atoms with Crippen molar-refractivity contribution in [1.29, 1.82) is 0 Å². The molecular formula is C13H21N3O4S. The first-order valence-electron chi connectivity index (χ1n) is 6.85. The second-order valence-electron chi connectivity index (χ2n) is 5.92. The van der Waals surface area contributed by atoms with E-state index in [1.165, 1.54) is 12.6 Å². The van der Waals surface area contributed by atoms with E-state index in [4.69, 9.17) is 5.73 Å². The lowest BCUT2D eigenvalue weighted by molar-refractivity contribution is -0.0110. The van der Waals surface area contributed by atoms with Crippen molar-refractivity contribution in [1.82, 2.24) is 9.55 Å². The molecule has 0 radical (unpaired) electrons. The first kappa shape index (κ1) is 16.0. The Morgan fingerprint density at radius 3 is 2.52 bits per heavy atom. The maximum absolute atomic E-state index is 11.5. The summed E-state index contributed by atoms with van der Waals surface area (Å²) in [4.78, 5) is 15.1. The summed E-state index contributed by atoms with van der Waals surface area (Å²) in [5.41, 5.74) is 5.06. The molecule has 1 aromatic rings. The average molecular weight is 315 g/mol. The molecule has 0 atom stereocenters. The summed E-state index contributed by atoms with van der Waals surface area (Å²) in [6.07, 6.45) is 4.44. The predicted molar refractivity (Wildman–Crippen MR) is 77.5 cm³/mol. The van der Waals surface area contributed by atoms with Crippen LogP contribution in [-0.4, -0.2) is 46.1 Å². The first-order valence-corrected chi connectivity index (χ1v) is 8.81. The molecule has 118 valence electrons. The summed E-state index contributed by atoms with van der Waals surface area (Å²) in [5, 5.41) is 10.2. The zero-order valence-corrected chi connectivity index (χ0v) is 13.1. The van der Waals surface area contributed by atoms with Crippen LogP contribution in [0.5, 0.6) is 0 Å². The predicted octanol–water partition coefficient (Wildman–Crippen LogP) is 0.00872. The van der Waals surface area contributed by atoms with E-state index in [1.54, 1.807) is 11.5 Å². The Labute approximate surface area is 124 Å². The third kappa shape index (κ3) is 3.44. The Morgan fingerprint density at radius 2 is 2.10 bits per heavy atom. The van der Waals surface area contributed by atoms with Crippen LogP contribution in [0.25, 0.3) is 0 Å². The van der Waals surface area contributed by atoms with Crippen LogP contribution >= 0.6 is 0 Å². The molecule has 1 aromatic heterocycles. The first-order chi connectivity index (χ1) is 9.62. The highest BCUT2D eigenvalue weighted by atomic mass is 32.2. The molecule has 0 aliphatic heterocycles. The number of carbonyl (C=O) groups is 1. The molecule has 0 unspecified atom stereocenters. The van der Waals surface area contributed by atoms with E-state index >= 15 is 0 Å². The molecule has 1 aliphatic rings. The molecule has 0 saturated heterocycles. The van der Waals surface area contributed by atoms with Gasteiger partial charge in [-0.2, -0.15) is 0 Å². The average Bonchev–Trinajstić information content (AvgIpc) is 2.70. The van der Waals surface area contributed by atoms with Crippen molar-refractivity contribution in [3.05, 3.63) is 17.7 Å². The van der Waals surface area contributed by atoms with E-state index in [2.05, 4.69) is 4.98 Å². The van der Waals surface area contributed by atoms with Crippen LogP contribution in [0.3, 0.4) is 0 Å². The minimum absolute atomic E-state index is 0.198. The molecular weight excluding hydrogens is 294 g/mol. The van der Waals surface area contributed by atoms with Crippen molar-refractivity contribution in [3.63, 3.8) is 0 Å². The van der Waals surface area contributed by atoms with Crippen LogP contribution in [-0.2, 0) is 16.4 Å². The molecule has 1 aliphatic carbocycles. The van der Waals surface area contributed by atoms with Crippen molar-refractivity contribution in [2.24, 2.45) is 5.73 Å². The van der Waals surface area contributed by atoms with Crippen LogP contribution < -0.4 is 5.73 Å². The van der Waals surface area contributed by atoms with Gasteiger partial charge in [0.2, 0.25) is 0 Å². The van der Waals surface area contributed by atoms with Gasteiger partial charge < -0.3 is 15.4 Å². The highest BCUT2D eigenvalue weighted by molar-refractivity contribution is 7.91. The van der Waals surface area contributed by atoms with E-state index in [0.29, 0.717) is 31.4 Å². The molecule has 7 nitrogen and oxygen atoms in total. The van der Waals surface area contributed by atoms with Crippen LogP contribution in [0.15, 0.2) is 6.33 Å². The minimum Gasteiger partial charge on any atom is -0.388 e. The Balaban J connectivity index is 2.09. The zero-order chi connectivity index (χ0) is 15.8. The Hall–Kier alpha value is -1.41. The van der Waals surface area contributed by atoms with Gasteiger partial charge >= 0.3 is 0 Å². The number of sulfone groups is 1. The number of nitrogens with zero attached hydrogens (tertiary/aromatic N) is 2. The fraction of sp³-hybridized carbons (Fsp3) is 0.692. The van der Waals surface area contributed by atoms with Crippen LogP contribution in [0.1, 0.15) is 41.9 Å². The molecule has 0 aromatic carbocycles. The number of rotatable bonds is 4. The van der Waals surface area contributed by atoms with Gasteiger partial charge in [0, 0.05) is 11.9 Å². The van der Waals surface area contributed by atoms with E-state index in [0.717, 1.165) is 0 Å². The number of amides is 1. The summed E-state index contributed by atoms with van der Waals surface area (Å²) in [7, 11) is -3.06. The largest absolute Gasteiger partial charge is 0.388 e. The second-order valence-corrected chi connectivity index (χ2v) is 8.25. The SMILES string of the molecule is Cc1c(C(N)=O)ncn1CC1(O)CCC(S(C)(=O)=O)CC1. The number of aromatic nitrogens is 2. The van der Waals surface area contributed by atoms with Gasteiger partial charge in [-0.3, -0.25) is 4.79 Å². The highest BCUT2D eigenvalue weighted by Crippen LogP contribution is 2.33. The monoisotopic (exact) mass is 315 g/mol. The quantitative estimate of drug-likeness (QED) is 0.812. The van der Waals surface area contributed by atoms with Crippen molar-refractivity contribution >= 4 is 15.7 Å². The molecule has 0 bridgehead atoms. The topological polar surface area (TPSA) is 115 Å². The Kier molecular flexibility index (Phi) is 4.12. The van der Waals surface area contributed by atoms with E-state index in [1.807, 2.05) is 0 Å². The van der Waals surface area contributed by atoms with Crippen LogP contribution in [0.2, 0.25) is 0 Å². The van der Waals surface area contributed by atoms with Gasteiger partial charge in [0.1, 0.15) is 15.5 Å². The molecule has 0 spiro atoms. The third-order valence-electron chi connectivity index (χ3n) is 4.27. The standard InChI is InChI=1S/C13H21N3O4S/c1-9-11(12(14)17)15-8-16(9)7-13(18)5-3-10(4-6-13)21(2,19)20/h8,10,18H,3-7H2,1-2H3,(H2,14,17). The number of primary amides is 1. The molecule has 1 heterocycles. The smallest absolute Gasteiger partial charge is 0.269 e. The fourth-order valence-corrected chi connectivity index (χ4v) is 3.97. The molecule has 8 heteroatoms. The van der Waals surface area contributed by atoms with Crippen molar-refractivity contribution in [2.75, 3.05) is 6.26 Å². The van der Waals surface area contributed by atoms with Crippen molar-refractivity contribution in [2.45, 2.75) is 50.0 Å². The van der Waals surface area contributed by atoms with Gasteiger partial charge in [-0.1, -0.05) is 0 Å². The van der Waals surface area contributed by atoms with Gasteiger partial charge in [0.25, 0.3) is 5.91 Å². The second kappa shape index (κ2) is 5.42. The summed E-state index contributed by atoms with van der Waals surface area (Å²) in [6.45, 7) is 2.01. The Bertz CT molecular complexity index is 642. The number of hydrogen-bond acceptors (Lipinski definition) is 5. The van der Waals surface area contributed by atoms with E-state index < -0.39 is 21.3 Å². The van der Waals surface area contributed by atoms with Crippen molar-refractivity contribution < 1.29 is 18.3 Å². The zero-order valence-electron chi connectivity index (χ0n) is 12.2. The number of hydrogen-bond donors (Lipinski definition) is 2. The molecule has 1 amide bonds. The van der Waals surface area contributed by atoms with Gasteiger partial charge in [0.15, 0.2) is 0 Å². The van der Waals surface area contributed by atoms with Gasteiger partial charge in [0.05, 0.1) is 23.7 Å². The van der Waals surface area contributed by atoms with Gasteiger partial charge in [-0.05, 0) is 32.6 Å². The normalized spacial score (nSPS) is 26.7. The van der Waals surface area contributed by atoms with Crippen LogP contribution in [0.4, 0.5) is 0 Å². The number of aliphatic hydroxyl groups is 1. The Morgan fingerprint density at radius 1 is 1.52 bits per heavy atom. The number of carbonyl (C=O) groups excluding carboxylic acids is 1. The summed E-state index contributed by atoms with van der Waals surface area (Å²) < 4.78 is 24.8. The number of imidazole rings is 1.